The van der Waals surface area contributed by atoms with E-state index >= 15 is 0 Å². The molecule has 1 atom stereocenters. The van der Waals surface area contributed by atoms with Crippen LogP contribution < -0.4 is 15.6 Å². The van der Waals surface area contributed by atoms with Gasteiger partial charge in [-0.05, 0) is 41.8 Å². The number of amides is 1. The molecular weight excluding hydrogens is 425 g/mol. The van der Waals surface area contributed by atoms with Crippen molar-refractivity contribution < 1.29 is 13.9 Å². The number of carbonyl (C=O) groups is 1. The largest absolute Gasteiger partial charge is 0.497 e. The second-order valence-corrected chi connectivity index (χ2v) is 7.90. The van der Waals surface area contributed by atoms with E-state index in [2.05, 4.69) is 15.5 Å². The quantitative estimate of drug-likeness (QED) is 0.447. The summed E-state index contributed by atoms with van der Waals surface area (Å²) in [4.78, 5) is 25.2. The van der Waals surface area contributed by atoms with Gasteiger partial charge in [0.25, 0.3) is 0 Å². The third-order valence-corrected chi connectivity index (χ3v) is 5.34. The maximum Gasteiger partial charge on any atom is 0.300 e. The molecule has 2 aromatic carbocycles. The molecule has 0 fully saturated rings. The van der Waals surface area contributed by atoms with Crippen LogP contribution >= 0.6 is 0 Å². The molecule has 9 heteroatoms. The Bertz CT molecular complexity index is 1330. The molecule has 1 N–H and O–H groups in total. The van der Waals surface area contributed by atoms with Crippen LogP contribution in [0.3, 0.4) is 0 Å². The summed E-state index contributed by atoms with van der Waals surface area (Å²) >= 11 is 0. The number of fused-ring (bicyclic) bond motifs is 1. The number of rotatable bonds is 8. The van der Waals surface area contributed by atoms with E-state index in [9.17, 15) is 14.0 Å². The van der Waals surface area contributed by atoms with Crippen LogP contribution in [-0.4, -0.2) is 32.2 Å². The van der Waals surface area contributed by atoms with Crippen LogP contribution in [0, 0.1) is 11.7 Å². The van der Waals surface area contributed by atoms with Crippen molar-refractivity contribution in [1.29, 1.82) is 0 Å². The van der Waals surface area contributed by atoms with E-state index in [1.54, 1.807) is 30.0 Å². The van der Waals surface area contributed by atoms with Crippen LogP contribution in [-0.2, 0) is 17.8 Å². The molecule has 1 amide bonds. The van der Waals surface area contributed by atoms with Gasteiger partial charge in [-0.2, -0.15) is 0 Å². The van der Waals surface area contributed by atoms with E-state index in [-0.39, 0.29) is 17.5 Å². The Kier molecular flexibility index (Phi) is 6.48. The van der Waals surface area contributed by atoms with Crippen molar-refractivity contribution in [2.75, 3.05) is 7.11 Å². The van der Waals surface area contributed by atoms with Gasteiger partial charge in [-0.1, -0.05) is 25.1 Å². The van der Waals surface area contributed by atoms with Gasteiger partial charge < -0.3 is 10.1 Å². The Hall–Kier alpha value is -4.01. The molecule has 8 nitrogen and oxygen atoms in total. The molecule has 2 heterocycles. The fourth-order valence-corrected chi connectivity index (χ4v) is 3.62. The molecule has 0 bridgehead atoms. The summed E-state index contributed by atoms with van der Waals surface area (Å²) in [6.07, 6.45) is 4.02. The highest BCUT2D eigenvalue weighted by atomic mass is 19.1. The molecular formula is C24H24FN5O3. The smallest absolute Gasteiger partial charge is 0.300 e. The second kappa shape index (κ2) is 9.64. The summed E-state index contributed by atoms with van der Waals surface area (Å²) in [5.41, 5.74) is 1.14. The molecule has 4 rings (SSSR count). The molecule has 1 unspecified atom stereocenters. The minimum Gasteiger partial charge on any atom is -0.497 e. The summed E-state index contributed by atoms with van der Waals surface area (Å²) in [5.74, 6) is 0.839. The maximum absolute atomic E-state index is 13.5. The summed E-state index contributed by atoms with van der Waals surface area (Å²) in [6, 6.07) is 13.3. The molecule has 0 aliphatic heterocycles. The highest BCUT2D eigenvalue weighted by Gasteiger charge is 2.16. The van der Waals surface area contributed by atoms with Gasteiger partial charge in [-0.15, -0.1) is 10.2 Å². The van der Waals surface area contributed by atoms with Crippen LogP contribution in [0.1, 0.15) is 24.7 Å². The summed E-state index contributed by atoms with van der Waals surface area (Å²) in [6.45, 7) is 2.38. The number of halogens is 1. The van der Waals surface area contributed by atoms with E-state index in [4.69, 9.17) is 4.74 Å². The number of aromatic nitrogens is 4. The lowest BCUT2D eigenvalue weighted by molar-refractivity contribution is -0.122. The van der Waals surface area contributed by atoms with Gasteiger partial charge in [0.1, 0.15) is 17.4 Å². The summed E-state index contributed by atoms with van der Waals surface area (Å²) < 4.78 is 21.6. The Labute approximate surface area is 189 Å². The monoisotopic (exact) mass is 449 g/mol. The highest BCUT2D eigenvalue weighted by Crippen LogP contribution is 2.14. The van der Waals surface area contributed by atoms with Crippen molar-refractivity contribution in [2.45, 2.75) is 26.3 Å². The minimum atomic E-state index is -0.430. The fourth-order valence-electron chi connectivity index (χ4n) is 3.62. The molecule has 0 spiro atoms. The van der Waals surface area contributed by atoms with Gasteiger partial charge >= 0.3 is 5.56 Å². The number of hydrogen-bond acceptors (Lipinski definition) is 5. The number of benzene rings is 2. The van der Waals surface area contributed by atoms with Gasteiger partial charge in [0.15, 0.2) is 0 Å². The first-order valence-electron chi connectivity index (χ1n) is 10.6. The van der Waals surface area contributed by atoms with Gasteiger partial charge in [-0.25, -0.2) is 4.39 Å². The average Bonchev–Trinajstić information content (AvgIpc) is 3.21. The SMILES string of the molecule is COc1ccc(CNC(=O)CC(C)Cc2nnc3c(=O)n(-c4cccc(F)c4)ccn23)cc1. The van der Waals surface area contributed by atoms with Crippen molar-refractivity contribution in [3.63, 3.8) is 0 Å². The number of ether oxygens (including phenoxy) is 1. The molecule has 170 valence electrons. The summed E-state index contributed by atoms with van der Waals surface area (Å²) in [5, 5.41) is 11.1. The fraction of sp³-hybridized carbons (Fsp3) is 0.250. The highest BCUT2D eigenvalue weighted by molar-refractivity contribution is 5.76. The molecule has 0 radical (unpaired) electrons. The van der Waals surface area contributed by atoms with E-state index in [0.717, 1.165) is 11.3 Å². The number of nitrogens with one attached hydrogen (secondary N) is 1. The van der Waals surface area contributed by atoms with Crippen LogP contribution in [0.5, 0.6) is 5.75 Å². The lowest BCUT2D eigenvalue weighted by Crippen LogP contribution is -2.25. The van der Waals surface area contributed by atoms with Crippen LogP contribution in [0.25, 0.3) is 11.3 Å². The Morgan fingerprint density at radius 1 is 1.15 bits per heavy atom. The van der Waals surface area contributed by atoms with E-state index in [1.807, 2.05) is 31.2 Å². The Morgan fingerprint density at radius 3 is 2.67 bits per heavy atom. The van der Waals surface area contributed by atoms with Crippen molar-refractivity contribution in [1.82, 2.24) is 24.5 Å². The molecule has 4 aromatic rings. The summed E-state index contributed by atoms with van der Waals surface area (Å²) in [7, 11) is 1.61. The first kappa shape index (κ1) is 22.2. The number of methoxy groups -OCH3 is 1. The first-order valence-corrected chi connectivity index (χ1v) is 10.6. The van der Waals surface area contributed by atoms with Gasteiger partial charge in [0.2, 0.25) is 11.6 Å². The number of carbonyl (C=O) groups excluding carboxylic acids is 1. The zero-order chi connectivity index (χ0) is 23.4. The van der Waals surface area contributed by atoms with Crippen molar-refractivity contribution in [3.8, 4) is 11.4 Å². The molecule has 0 saturated heterocycles. The molecule has 33 heavy (non-hydrogen) atoms. The Balaban J connectivity index is 1.40. The lowest BCUT2D eigenvalue weighted by Gasteiger charge is -2.11. The third-order valence-electron chi connectivity index (χ3n) is 5.34. The zero-order valence-corrected chi connectivity index (χ0v) is 18.4. The van der Waals surface area contributed by atoms with Gasteiger partial charge in [0.05, 0.1) is 12.8 Å². The predicted octanol–water partition coefficient (Wildman–Crippen LogP) is 2.91. The molecule has 0 aliphatic rings. The maximum atomic E-state index is 13.5. The van der Waals surface area contributed by atoms with Crippen LogP contribution in [0.2, 0.25) is 0 Å². The van der Waals surface area contributed by atoms with E-state index in [0.29, 0.717) is 30.9 Å². The number of hydrogen-bond donors (Lipinski definition) is 1. The van der Waals surface area contributed by atoms with E-state index in [1.165, 1.54) is 22.8 Å². The predicted molar refractivity (Wildman–Crippen MR) is 121 cm³/mol. The molecule has 0 saturated carbocycles. The number of nitrogens with zero attached hydrogens (tertiary/aromatic N) is 4. The topological polar surface area (TPSA) is 90.5 Å². The van der Waals surface area contributed by atoms with E-state index < -0.39 is 11.4 Å². The third kappa shape index (κ3) is 5.08. The van der Waals surface area contributed by atoms with Crippen LogP contribution in [0.4, 0.5) is 4.39 Å². The van der Waals surface area contributed by atoms with Crippen molar-refractivity contribution >= 4 is 11.6 Å². The zero-order valence-electron chi connectivity index (χ0n) is 18.4. The Morgan fingerprint density at radius 2 is 1.94 bits per heavy atom. The van der Waals surface area contributed by atoms with Gasteiger partial charge in [0, 0.05) is 31.8 Å². The normalized spacial score (nSPS) is 12.0. The lowest BCUT2D eigenvalue weighted by atomic mass is 10.0. The average molecular weight is 449 g/mol. The first-order chi connectivity index (χ1) is 15.9. The molecule has 2 aromatic heterocycles. The minimum absolute atomic E-state index is 0.0149. The standard InChI is InChI=1S/C24H24FN5O3/c1-16(13-22(31)26-15-17-6-8-20(33-2)9-7-17)12-21-27-28-23-24(32)29(10-11-30(21)23)19-5-3-4-18(25)14-19/h3-11,14,16H,12-13,15H2,1-2H3,(H,26,31). The molecule has 0 aliphatic carbocycles. The van der Waals surface area contributed by atoms with Crippen LogP contribution in [0.15, 0.2) is 65.7 Å². The second-order valence-electron chi connectivity index (χ2n) is 7.90. The van der Waals surface area contributed by atoms with Crippen molar-refractivity contribution in [3.05, 3.63) is 88.5 Å². The van der Waals surface area contributed by atoms with Gasteiger partial charge in [-0.3, -0.25) is 18.6 Å². The van der Waals surface area contributed by atoms with Crippen molar-refractivity contribution in [2.24, 2.45) is 5.92 Å².